The molecule has 1 atom stereocenters. The van der Waals surface area contributed by atoms with Crippen LogP contribution in [0.1, 0.15) is 6.42 Å². The van der Waals surface area contributed by atoms with Crippen molar-refractivity contribution in [3.63, 3.8) is 0 Å². The Morgan fingerprint density at radius 2 is 1.94 bits per heavy atom. The number of rotatable bonds is 6. The molecule has 174 valence electrons. The largest absolute Gasteiger partial charge is 0.480 e. The molecule has 0 aliphatic carbocycles. The SMILES string of the molecule is COc1cncc(-c2cc3cc[nH]c(=O)c3c(Nc3ccc(N4CCC(N(C)C)C4)cc3)n2)n1. The minimum Gasteiger partial charge on any atom is -0.480 e. The first-order valence-corrected chi connectivity index (χ1v) is 11.2. The summed E-state index contributed by atoms with van der Waals surface area (Å²) >= 11 is 0. The van der Waals surface area contributed by atoms with E-state index in [1.807, 2.05) is 24.3 Å². The van der Waals surface area contributed by atoms with Crippen molar-refractivity contribution in [2.45, 2.75) is 12.5 Å². The second-order valence-corrected chi connectivity index (χ2v) is 8.60. The molecule has 1 saturated heterocycles. The summed E-state index contributed by atoms with van der Waals surface area (Å²) in [5.74, 6) is 0.856. The molecule has 5 rings (SSSR count). The van der Waals surface area contributed by atoms with Crippen LogP contribution in [0.3, 0.4) is 0 Å². The molecule has 1 aliphatic rings. The predicted octanol–water partition coefficient (Wildman–Crippen LogP) is 3.27. The molecular formula is C25H27N7O2. The number of H-pyrrole nitrogens is 1. The maximum absolute atomic E-state index is 12.7. The maximum Gasteiger partial charge on any atom is 0.259 e. The van der Waals surface area contributed by atoms with Crippen LogP contribution < -0.4 is 20.5 Å². The lowest BCUT2D eigenvalue weighted by molar-refractivity contribution is 0.315. The quantitative estimate of drug-likeness (QED) is 0.455. The van der Waals surface area contributed by atoms with Gasteiger partial charge >= 0.3 is 0 Å². The Balaban J connectivity index is 1.48. The molecule has 9 heteroatoms. The fraction of sp³-hybridized carbons (Fsp3) is 0.280. The van der Waals surface area contributed by atoms with Crippen LogP contribution in [0.5, 0.6) is 5.88 Å². The van der Waals surface area contributed by atoms with Gasteiger partial charge in [0.25, 0.3) is 5.56 Å². The standard InChI is InChI=1S/C25H27N7O2/c1-31(2)19-9-11-32(15-19)18-6-4-17(5-7-18)28-24-23-16(8-10-27-25(23)33)12-20(30-24)21-13-26-14-22(29-21)34-3/h4-8,10,12-14,19H,9,11,15H2,1-3H3,(H,27,33)(H,28,30). The Morgan fingerprint density at radius 1 is 1.12 bits per heavy atom. The van der Waals surface area contributed by atoms with Crippen molar-refractivity contribution in [3.8, 4) is 17.3 Å². The number of aromatic nitrogens is 4. The van der Waals surface area contributed by atoms with Crippen LogP contribution in [-0.4, -0.2) is 65.2 Å². The smallest absolute Gasteiger partial charge is 0.259 e. The Morgan fingerprint density at radius 3 is 2.68 bits per heavy atom. The van der Waals surface area contributed by atoms with Crippen molar-refractivity contribution in [1.29, 1.82) is 0 Å². The van der Waals surface area contributed by atoms with Gasteiger partial charge in [-0.25, -0.2) is 9.97 Å². The summed E-state index contributed by atoms with van der Waals surface area (Å²) in [6.45, 7) is 2.06. The van der Waals surface area contributed by atoms with E-state index in [1.165, 1.54) is 11.9 Å². The van der Waals surface area contributed by atoms with E-state index < -0.39 is 0 Å². The summed E-state index contributed by atoms with van der Waals surface area (Å²) in [5, 5.41) is 4.57. The molecule has 34 heavy (non-hydrogen) atoms. The molecule has 1 aromatic carbocycles. The second kappa shape index (κ2) is 9.11. The lowest BCUT2D eigenvalue weighted by Gasteiger charge is -2.22. The van der Waals surface area contributed by atoms with E-state index in [4.69, 9.17) is 9.72 Å². The van der Waals surface area contributed by atoms with Crippen LogP contribution in [-0.2, 0) is 0 Å². The van der Waals surface area contributed by atoms with Crippen LogP contribution in [0.15, 0.2) is 59.8 Å². The highest BCUT2D eigenvalue weighted by atomic mass is 16.5. The highest BCUT2D eigenvalue weighted by Crippen LogP contribution is 2.29. The molecule has 9 nitrogen and oxygen atoms in total. The number of hydrogen-bond donors (Lipinski definition) is 2. The molecule has 0 saturated carbocycles. The molecular weight excluding hydrogens is 430 g/mol. The molecule has 0 radical (unpaired) electrons. The van der Waals surface area contributed by atoms with Crippen molar-refractivity contribution in [2.75, 3.05) is 44.5 Å². The molecule has 0 bridgehead atoms. The second-order valence-electron chi connectivity index (χ2n) is 8.60. The fourth-order valence-electron chi connectivity index (χ4n) is 4.30. The molecule has 1 aliphatic heterocycles. The van der Waals surface area contributed by atoms with Gasteiger partial charge in [0, 0.05) is 36.7 Å². The summed E-state index contributed by atoms with van der Waals surface area (Å²) in [4.78, 5) is 33.4. The highest BCUT2D eigenvalue weighted by Gasteiger charge is 2.24. The van der Waals surface area contributed by atoms with Crippen molar-refractivity contribution in [1.82, 2.24) is 24.8 Å². The summed E-state index contributed by atoms with van der Waals surface area (Å²) < 4.78 is 5.20. The van der Waals surface area contributed by atoms with E-state index in [1.54, 1.807) is 19.5 Å². The molecule has 0 amide bonds. The molecule has 1 fully saturated rings. The first-order valence-electron chi connectivity index (χ1n) is 11.2. The molecule has 3 aromatic heterocycles. The van der Waals surface area contributed by atoms with E-state index in [9.17, 15) is 4.79 Å². The average Bonchev–Trinajstić information content (AvgIpc) is 3.35. The normalized spacial score (nSPS) is 15.8. The Kier molecular flexibility index (Phi) is 5.85. The van der Waals surface area contributed by atoms with Gasteiger partial charge in [0.2, 0.25) is 5.88 Å². The van der Waals surface area contributed by atoms with Crippen LogP contribution in [0.4, 0.5) is 17.2 Å². The minimum absolute atomic E-state index is 0.209. The number of ether oxygens (including phenoxy) is 1. The summed E-state index contributed by atoms with van der Waals surface area (Å²) in [6, 6.07) is 12.5. The first-order chi connectivity index (χ1) is 16.5. The minimum atomic E-state index is -0.209. The molecule has 1 unspecified atom stereocenters. The van der Waals surface area contributed by atoms with Crippen LogP contribution in [0.2, 0.25) is 0 Å². The van der Waals surface area contributed by atoms with Gasteiger partial charge in [-0.2, -0.15) is 0 Å². The molecule has 2 N–H and O–H groups in total. The average molecular weight is 458 g/mol. The zero-order chi connectivity index (χ0) is 23.7. The summed E-state index contributed by atoms with van der Waals surface area (Å²) in [5.41, 5.74) is 2.98. The number of methoxy groups -OCH3 is 1. The van der Waals surface area contributed by atoms with Crippen LogP contribution in [0.25, 0.3) is 22.2 Å². The topological polar surface area (TPSA) is 99.3 Å². The van der Waals surface area contributed by atoms with Gasteiger partial charge in [0.1, 0.15) is 11.5 Å². The number of nitrogens with one attached hydrogen (secondary N) is 2. The van der Waals surface area contributed by atoms with Crippen molar-refractivity contribution >= 4 is 28.0 Å². The zero-order valence-electron chi connectivity index (χ0n) is 19.4. The monoisotopic (exact) mass is 457 g/mol. The lowest BCUT2D eigenvalue weighted by Crippen LogP contribution is -2.31. The third-order valence-electron chi connectivity index (χ3n) is 6.23. The summed E-state index contributed by atoms with van der Waals surface area (Å²) in [7, 11) is 5.80. The highest BCUT2D eigenvalue weighted by molar-refractivity contribution is 5.94. The van der Waals surface area contributed by atoms with Crippen molar-refractivity contribution < 1.29 is 4.74 Å². The van der Waals surface area contributed by atoms with Gasteiger partial charge < -0.3 is 24.8 Å². The van der Waals surface area contributed by atoms with Crippen molar-refractivity contribution in [2.24, 2.45) is 0 Å². The van der Waals surface area contributed by atoms with Gasteiger partial charge in [-0.05, 0) is 62.3 Å². The molecule has 0 spiro atoms. The number of nitrogens with zero attached hydrogens (tertiary/aromatic N) is 5. The predicted molar refractivity (Wildman–Crippen MR) is 134 cm³/mol. The first kappa shape index (κ1) is 21.8. The number of fused-ring (bicyclic) bond motifs is 1. The van der Waals surface area contributed by atoms with Crippen LogP contribution in [0, 0.1) is 0 Å². The van der Waals surface area contributed by atoms with E-state index in [0.717, 1.165) is 30.6 Å². The third kappa shape index (κ3) is 4.29. The number of hydrogen-bond acceptors (Lipinski definition) is 8. The fourth-order valence-corrected chi connectivity index (χ4v) is 4.30. The van der Waals surface area contributed by atoms with Crippen LogP contribution >= 0.6 is 0 Å². The van der Waals surface area contributed by atoms with Gasteiger partial charge in [0.15, 0.2) is 0 Å². The number of anilines is 3. The Bertz CT molecular complexity index is 1370. The molecule has 4 aromatic rings. The van der Waals surface area contributed by atoms with E-state index >= 15 is 0 Å². The Hall–Kier alpha value is -3.98. The summed E-state index contributed by atoms with van der Waals surface area (Å²) in [6.07, 6.45) is 5.95. The maximum atomic E-state index is 12.7. The van der Waals surface area contributed by atoms with Crippen molar-refractivity contribution in [3.05, 3.63) is 65.3 Å². The molecule has 4 heterocycles. The number of likely N-dealkylation sites (N-methyl/N-ethyl adjacent to an activating group) is 1. The van der Waals surface area contributed by atoms with Gasteiger partial charge in [-0.15, -0.1) is 0 Å². The van der Waals surface area contributed by atoms with E-state index in [0.29, 0.717) is 34.5 Å². The van der Waals surface area contributed by atoms with Gasteiger partial charge in [-0.3, -0.25) is 9.78 Å². The zero-order valence-corrected chi connectivity index (χ0v) is 19.4. The van der Waals surface area contributed by atoms with Gasteiger partial charge in [-0.1, -0.05) is 0 Å². The van der Waals surface area contributed by atoms with Gasteiger partial charge in [0.05, 0.1) is 30.6 Å². The number of aromatic amines is 1. The number of benzene rings is 1. The Labute approximate surface area is 197 Å². The lowest BCUT2D eigenvalue weighted by atomic mass is 10.1. The van der Waals surface area contributed by atoms with E-state index in [2.05, 4.69) is 56.3 Å². The van der Waals surface area contributed by atoms with E-state index in [-0.39, 0.29) is 5.56 Å². The third-order valence-corrected chi connectivity index (χ3v) is 6.23. The number of pyridine rings is 2.